The summed E-state index contributed by atoms with van der Waals surface area (Å²) in [4.78, 5) is 5.29. The number of furan rings is 1. The van der Waals surface area contributed by atoms with Crippen LogP contribution < -0.4 is 26.2 Å². The minimum absolute atomic E-state index is 0.110. The van der Waals surface area contributed by atoms with Gasteiger partial charge in [-0.05, 0) is 100 Å². The fourth-order valence-electron chi connectivity index (χ4n) is 12.6. The highest BCUT2D eigenvalue weighted by molar-refractivity contribution is 7.26. The highest BCUT2D eigenvalue weighted by Crippen LogP contribution is 2.55. The van der Waals surface area contributed by atoms with Crippen LogP contribution in [0.5, 0.6) is 0 Å². The normalized spacial score (nSPS) is 13.1. The number of para-hydroxylation sites is 1. The Hall–Kier alpha value is -8.46. The van der Waals surface area contributed by atoms with Gasteiger partial charge in [-0.2, -0.15) is 0 Å². The summed E-state index contributed by atoms with van der Waals surface area (Å²) >= 11 is 5.65. The zero-order chi connectivity index (χ0) is 47.5. The van der Waals surface area contributed by atoms with Gasteiger partial charge in [0.25, 0.3) is 6.71 Å². The minimum Gasteiger partial charge on any atom is -0.456 e. The van der Waals surface area contributed by atoms with Gasteiger partial charge in [-0.25, -0.2) is 0 Å². The molecule has 0 amide bonds. The minimum atomic E-state index is -0.110. The van der Waals surface area contributed by atoms with E-state index in [1.807, 2.05) is 34.0 Å². The average molecular weight is 981 g/mol. The lowest BCUT2D eigenvalue weighted by Crippen LogP contribution is -2.61. The molecular weight excluding hydrogens is 944 g/mol. The van der Waals surface area contributed by atoms with Gasteiger partial charge in [-0.1, -0.05) is 152 Å². The van der Waals surface area contributed by atoms with Crippen molar-refractivity contribution < 1.29 is 4.42 Å². The third kappa shape index (κ3) is 5.59. The van der Waals surface area contributed by atoms with Crippen molar-refractivity contribution in [3.8, 4) is 22.3 Å². The lowest BCUT2D eigenvalue weighted by molar-refractivity contribution is 0.669. The molecule has 0 unspecified atom stereocenters. The molecule has 17 rings (SSSR count). The molecule has 15 aromatic rings. The van der Waals surface area contributed by atoms with Crippen molar-refractivity contribution in [2.45, 2.75) is 0 Å². The van der Waals surface area contributed by atoms with E-state index in [1.54, 1.807) is 0 Å². The van der Waals surface area contributed by atoms with Gasteiger partial charge in [0.05, 0.1) is 28.1 Å². The molecule has 0 saturated heterocycles. The van der Waals surface area contributed by atoms with Gasteiger partial charge in [0.15, 0.2) is 0 Å². The first-order chi connectivity index (χ1) is 36.2. The quantitative estimate of drug-likeness (QED) is 0.164. The number of benzene rings is 11. The molecule has 73 heavy (non-hydrogen) atoms. The molecule has 2 aliphatic rings. The Labute approximate surface area is 431 Å². The number of hydrogen-bond acceptors (Lipinski definition) is 6. The molecule has 0 spiro atoms. The van der Waals surface area contributed by atoms with Crippen molar-refractivity contribution in [2.24, 2.45) is 0 Å². The van der Waals surface area contributed by atoms with Crippen LogP contribution in [0.3, 0.4) is 0 Å². The van der Waals surface area contributed by atoms with Crippen LogP contribution in [0.2, 0.25) is 0 Å². The lowest BCUT2D eigenvalue weighted by atomic mass is 9.33. The van der Waals surface area contributed by atoms with E-state index in [4.69, 9.17) is 4.42 Å². The lowest BCUT2D eigenvalue weighted by Gasteiger charge is -2.45. The highest BCUT2D eigenvalue weighted by Gasteiger charge is 2.46. The summed E-state index contributed by atoms with van der Waals surface area (Å²) in [5.41, 5.74) is 17.4. The Morgan fingerprint density at radius 1 is 0.315 bits per heavy atom. The Bertz CT molecular complexity index is 4530. The molecule has 0 atom stereocenters. The molecular formula is C66H37BN2OS3. The SMILES string of the molecule is c1ccc(-c2cc3sc4ccccc4c3cc2N2c3cccc4c3B(c3ccc5oc6ccccc6c5c32)c2ccc3sc5ccccc5c3c2N4c2cc3c(cc2-c2ccccc2)sc2ccccc23)cc1. The molecule has 3 nitrogen and oxygen atoms in total. The molecule has 0 fully saturated rings. The topological polar surface area (TPSA) is 19.6 Å². The zero-order valence-corrected chi connectivity index (χ0v) is 41.4. The second-order valence-electron chi connectivity index (χ2n) is 19.4. The standard InChI is InChI=1S/C66H37BN2OS3/c1-3-16-38(17-4-1)44-36-60-46(40-20-8-12-27-56(40)72-60)34-52(44)68-50-24-15-25-51-64(50)67(48-30-32-55-62(65(48)68)42-22-7-11-26-54(42)70-55)49-31-33-59-63(43-23-10-14-29-58(43)71-59)66(49)69(51)53-35-47-41-21-9-13-28-57(41)73-61(47)37-45(53)39-18-5-2-6-19-39/h1-37H. The number of rotatable bonds is 4. The molecule has 6 heterocycles. The summed E-state index contributed by atoms with van der Waals surface area (Å²) in [7, 11) is 0. The Morgan fingerprint density at radius 3 is 1.40 bits per heavy atom. The molecule has 0 aliphatic carbocycles. The second-order valence-corrected chi connectivity index (χ2v) is 22.7. The Kier molecular flexibility index (Phi) is 8.28. The Morgan fingerprint density at radius 2 is 0.795 bits per heavy atom. The van der Waals surface area contributed by atoms with Crippen molar-refractivity contribution >= 4 is 174 Å². The van der Waals surface area contributed by atoms with Crippen LogP contribution in [0, 0.1) is 0 Å². The third-order valence-corrected chi connectivity index (χ3v) is 19.0. The van der Waals surface area contributed by atoms with Gasteiger partial charge in [-0.15, -0.1) is 34.0 Å². The van der Waals surface area contributed by atoms with Crippen LogP contribution in [0.25, 0.3) is 105 Å². The number of hydrogen-bond donors (Lipinski definition) is 0. The monoisotopic (exact) mass is 980 g/mol. The smallest absolute Gasteiger partial charge is 0.252 e. The van der Waals surface area contributed by atoms with Gasteiger partial charge in [0.2, 0.25) is 0 Å². The van der Waals surface area contributed by atoms with E-state index >= 15 is 0 Å². The molecule has 11 aromatic carbocycles. The molecule has 0 N–H and O–H groups in total. The van der Waals surface area contributed by atoms with E-state index < -0.39 is 0 Å². The molecule has 7 heteroatoms. The fraction of sp³-hybridized carbons (Fsp3) is 0. The molecule has 0 radical (unpaired) electrons. The molecule has 0 saturated carbocycles. The summed E-state index contributed by atoms with van der Waals surface area (Å²) in [5.74, 6) is 0. The molecule has 4 aromatic heterocycles. The Balaban J connectivity index is 1.05. The van der Waals surface area contributed by atoms with Gasteiger partial charge in [0, 0.05) is 88.4 Å². The van der Waals surface area contributed by atoms with Gasteiger partial charge < -0.3 is 14.2 Å². The summed E-state index contributed by atoms with van der Waals surface area (Å²) in [5, 5.41) is 9.92. The van der Waals surface area contributed by atoms with E-state index in [-0.39, 0.29) is 6.71 Å². The fourth-order valence-corrected chi connectivity index (χ4v) is 16.0. The average Bonchev–Trinajstić information content (AvgIpc) is 4.23. The second kappa shape index (κ2) is 15.0. The van der Waals surface area contributed by atoms with Crippen LogP contribution >= 0.6 is 34.0 Å². The van der Waals surface area contributed by atoms with E-state index in [2.05, 4.69) is 234 Å². The van der Waals surface area contributed by atoms with E-state index in [9.17, 15) is 0 Å². The molecule has 338 valence electrons. The van der Waals surface area contributed by atoms with E-state index in [1.165, 1.54) is 122 Å². The first-order valence-corrected chi connectivity index (χ1v) is 27.3. The number of anilines is 6. The summed E-state index contributed by atoms with van der Waals surface area (Å²) in [6.45, 7) is -0.110. The molecule has 0 bridgehead atoms. The van der Waals surface area contributed by atoms with Crippen LogP contribution in [-0.4, -0.2) is 6.71 Å². The van der Waals surface area contributed by atoms with Crippen molar-refractivity contribution in [1.29, 1.82) is 0 Å². The van der Waals surface area contributed by atoms with Crippen molar-refractivity contribution in [1.82, 2.24) is 0 Å². The number of fused-ring (bicyclic) bond motifs is 18. The maximum atomic E-state index is 6.85. The van der Waals surface area contributed by atoms with Crippen molar-refractivity contribution in [3.63, 3.8) is 0 Å². The third-order valence-electron chi connectivity index (χ3n) is 15.6. The van der Waals surface area contributed by atoms with Gasteiger partial charge in [0.1, 0.15) is 11.2 Å². The maximum Gasteiger partial charge on any atom is 0.252 e. The number of thiophene rings is 3. The van der Waals surface area contributed by atoms with Crippen LogP contribution in [0.4, 0.5) is 34.1 Å². The largest absolute Gasteiger partial charge is 0.456 e. The van der Waals surface area contributed by atoms with E-state index in [0.717, 1.165) is 33.3 Å². The predicted molar refractivity (Wildman–Crippen MR) is 317 cm³/mol. The van der Waals surface area contributed by atoms with Gasteiger partial charge in [-0.3, -0.25) is 0 Å². The maximum absolute atomic E-state index is 6.85. The summed E-state index contributed by atoms with van der Waals surface area (Å²) < 4.78 is 14.6. The van der Waals surface area contributed by atoms with Crippen LogP contribution in [0.15, 0.2) is 229 Å². The number of nitrogens with zero attached hydrogens (tertiary/aromatic N) is 2. The van der Waals surface area contributed by atoms with Crippen LogP contribution in [0.1, 0.15) is 0 Å². The van der Waals surface area contributed by atoms with Crippen molar-refractivity contribution in [2.75, 3.05) is 9.80 Å². The van der Waals surface area contributed by atoms with Crippen LogP contribution in [-0.2, 0) is 0 Å². The summed E-state index contributed by atoms with van der Waals surface area (Å²) in [6, 6.07) is 83.9. The summed E-state index contributed by atoms with van der Waals surface area (Å²) in [6.07, 6.45) is 0. The van der Waals surface area contributed by atoms with Gasteiger partial charge >= 0.3 is 0 Å². The first kappa shape index (κ1) is 40.2. The molecule has 2 aliphatic heterocycles. The van der Waals surface area contributed by atoms with Crippen molar-refractivity contribution in [3.05, 3.63) is 224 Å². The highest BCUT2D eigenvalue weighted by atomic mass is 32.1. The zero-order valence-electron chi connectivity index (χ0n) is 39.0. The first-order valence-electron chi connectivity index (χ1n) is 24.8. The predicted octanol–water partition coefficient (Wildman–Crippen LogP) is 18.1. The van der Waals surface area contributed by atoms with E-state index in [0.29, 0.717) is 0 Å².